The summed E-state index contributed by atoms with van der Waals surface area (Å²) in [5.41, 5.74) is 2.80. The van der Waals surface area contributed by atoms with Crippen LogP contribution in [0.5, 0.6) is 0 Å². The molecule has 1 aromatic heterocycles. The summed E-state index contributed by atoms with van der Waals surface area (Å²) in [5.74, 6) is -0.419. The smallest absolute Gasteiger partial charge is 0.239 e. The van der Waals surface area contributed by atoms with E-state index in [1.165, 1.54) is 0 Å². The second-order valence-electron chi connectivity index (χ2n) is 6.88. The molecule has 0 saturated heterocycles. The first-order chi connectivity index (χ1) is 14.7. The molecule has 0 fully saturated rings. The average Bonchev–Trinajstić information content (AvgIpc) is 3.26. The number of benzene rings is 3. The average molecular weight is 416 g/mol. The number of hydrogen-bond acceptors (Lipinski definition) is 4. The lowest BCUT2D eigenvalue weighted by Crippen LogP contribution is -2.37. The van der Waals surface area contributed by atoms with Crippen molar-refractivity contribution in [2.24, 2.45) is 0 Å². The lowest BCUT2D eigenvalue weighted by molar-refractivity contribution is -0.125. The fourth-order valence-electron chi connectivity index (χ4n) is 3.21. The molecule has 0 spiro atoms. The maximum atomic E-state index is 12.3. The molecular weight excluding hydrogens is 394 g/mol. The van der Waals surface area contributed by atoms with Crippen molar-refractivity contribution in [1.29, 1.82) is 0 Å². The van der Waals surface area contributed by atoms with Crippen LogP contribution in [0.1, 0.15) is 11.3 Å². The van der Waals surface area contributed by atoms with Gasteiger partial charge in [0, 0.05) is 10.9 Å². The zero-order valence-electron chi connectivity index (χ0n) is 16.3. The molecular formula is C24H21N3O2S. The fraction of sp³-hybridized carbons (Fsp3) is 0.125. The van der Waals surface area contributed by atoms with E-state index in [2.05, 4.69) is 15.6 Å². The summed E-state index contributed by atoms with van der Waals surface area (Å²) >= 11 is 1.54. The first kappa shape index (κ1) is 19.8. The van der Waals surface area contributed by atoms with Gasteiger partial charge in [-0.05, 0) is 16.3 Å². The molecule has 0 aliphatic carbocycles. The highest BCUT2D eigenvalue weighted by Crippen LogP contribution is 2.23. The molecule has 4 rings (SSSR count). The van der Waals surface area contributed by atoms with E-state index in [-0.39, 0.29) is 24.8 Å². The minimum atomic E-state index is -0.240. The van der Waals surface area contributed by atoms with Gasteiger partial charge in [-0.1, -0.05) is 72.8 Å². The molecule has 0 aliphatic heterocycles. The molecule has 150 valence electrons. The summed E-state index contributed by atoms with van der Waals surface area (Å²) in [5, 5.41) is 10.5. The largest absolute Gasteiger partial charge is 0.349 e. The van der Waals surface area contributed by atoms with E-state index in [0.717, 1.165) is 32.6 Å². The number of thiazole rings is 1. The number of rotatable bonds is 7. The summed E-state index contributed by atoms with van der Waals surface area (Å²) in [7, 11) is 0. The maximum Gasteiger partial charge on any atom is 0.239 e. The van der Waals surface area contributed by atoms with E-state index in [1.807, 2.05) is 78.2 Å². The Morgan fingerprint density at radius 2 is 1.60 bits per heavy atom. The van der Waals surface area contributed by atoms with E-state index in [1.54, 1.807) is 11.3 Å². The highest BCUT2D eigenvalue weighted by atomic mass is 32.1. The number of nitrogens with zero attached hydrogens (tertiary/aromatic N) is 1. The van der Waals surface area contributed by atoms with Crippen LogP contribution in [0.25, 0.3) is 21.3 Å². The lowest BCUT2D eigenvalue weighted by atomic mass is 10.0. The number of amides is 2. The Morgan fingerprint density at radius 3 is 2.47 bits per heavy atom. The minimum Gasteiger partial charge on any atom is -0.349 e. The molecule has 0 unspecified atom stereocenters. The molecule has 30 heavy (non-hydrogen) atoms. The minimum absolute atomic E-state index is 0.0563. The van der Waals surface area contributed by atoms with E-state index in [9.17, 15) is 9.59 Å². The quantitative estimate of drug-likeness (QED) is 0.480. The number of hydrogen-bond donors (Lipinski definition) is 2. The molecule has 0 atom stereocenters. The number of carbonyl (C=O) groups excluding carboxylic acids is 2. The van der Waals surface area contributed by atoms with Gasteiger partial charge in [0.2, 0.25) is 11.8 Å². The summed E-state index contributed by atoms with van der Waals surface area (Å²) < 4.78 is 0. The van der Waals surface area contributed by atoms with Gasteiger partial charge in [-0.3, -0.25) is 9.59 Å². The number of nitrogens with one attached hydrogen (secondary N) is 2. The van der Waals surface area contributed by atoms with Crippen molar-refractivity contribution in [3.63, 3.8) is 0 Å². The van der Waals surface area contributed by atoms with Crippen molar-refractivity contribution < 1.29 is 9.59 Å². The Kier molecular flexibility index (Phi) is 6.15. The Morgan fingerprint density at radius 1 is 0.833 bits per heavy atom. The standard InChI is InChI=1S/C24H21N3O2S/c28-22(13-19-11-6-10-17-7-4-5-12-21(17)19)26-15-23(29)25-14-20-16-30-24(27-20)18-8-2-1-3-9-18/h1-12,16H,13-15H2,(H,25,29)(H,26,28). The fourth-order valence-corrected chi connectivity index (χ4v) is 4.04. The van der Waals surface area contributed by atoms with Crippen molar-refractivity contribution >= 4 is 33.9 Å². The van der Waals surface area contributed by atoms with Crippen LogP contribution in [0.15, 0.2) is 78.2 Å². The topological polar surface area (TPSA) is 71.1 Å². The Bertz CT molecular complexity index is 1170. The Labute approximate surface area is 178 Å². The van der Waals surface area contributed by atoms with Crippen LogP contribution in [0, 0.1) is 0 Å². The van der Waals surface area contributed by atoms with Gasteiger partial charge in [-0.25, -0.2) is 4.98 Å². The summed E-state index contributed by atoms with van der Waals surface area (Å²) in [6, 6.07) is 23.8. The van der Waals surface area contributed by atoms with Crippen LogP contribution in [0.2, 0.25) is 0 Å². The zero-order chi connectivity index (χ0) is 20.8. The van der Waals surface area contributed by atoms with Crippen LogP contribution in [-0.2, 0) is 22.6 Å². The molecule has 3 aromatic carbocycles. The molecule has 0 bridgehead atoms. The molecule has 6 heteroatoms. The Hall–Kier alpha value is -3.51. The zero-order valence-corrected chi connectivity index (χ0v) is 17.1. The third-order valence-corrected chi connectivity index (χ3v) is 5.66. The van der Waals surface area contributed by atoms with E-state index in [0.29, 0.717) is 6.54 Å². The van der Waals surface area contributed by atoms with Crippen molar-refractivity contribution in [3.05, 3.63) is 89.4 Å². The van der Waals surface area contributed by atoms with Gasteiger partial charge in [0.25, 0.3) is 0 Å². The molecule has 1 heterocycles. The SMILES string of the molecule is O=C(CNC(=O)Cc1cccc2ccccc12)NCc1csc(-c2ccccc2)n1. The number of carbonyl (C=O) groups is 2. The third kappa shape index (κ3) is 4.90. The van der Waals surface area contributed by atoms with Gasteiger partial charge in [0.15, 0.2) is 0 Å². The summed E-state index contributed by atoms with van der Waals surface area (Å²) in [6.07, 6.45) is 0.237. The lowest BCUT2D eigenvalue weighted by Gasteiger charge is -2.08. The molecule has 2 N–H and O–H groups in total. The van der Waals surface area contributed by atoms with Crippen LogP contribution in [-0.4, -0.2) is 23.3 Å². The van der Waals surface area contributed by atoms with Gasteiger partial charge in [-0.15, -0.1) is 11.3 Å². The van der Waals surface area contributed by atoms with Gasteiger partial charge < -0.3 is 10.6 Å². The molecule has 0 saturated carbocycles. The third-order valence-electron chi connectivity index (χ3n) is 4.72. The van der Waals surface area contributed by atoms with E-state index >= 15 is 0 Å². The summed E-state index contributed by atoms with van der Waals surface area (Å²) in [6.45, 7) is 0.278. The van der Waals surface area contributed by atoms with Crippen LogP contribution in [0.3, 0.4) is 0 Å². The highest BCUT2D eigenvalue weighted by Gasteiger charge is 2.10. The molecule has 4 aromatic rings. The second-order valence-corrected chi connectivity index (χ2v) is 7.74. The van der Waals surface area contributed by atoms with E-state index < -0.39 is 0 Å². The van der Waals surface area contributed by atoms with Gasteiger partial charge in [0.05, 0.1) is 25.2 Å². The number of fused-ring (bicyclic) bond motifs is 1. The van der Waals surface area contributed by atoms with Gasteiger partial charge in [-0.2, -0.15) is 0 Å². The Balaban J connectivity index is 1.26. The van der Waals surface area contributed by atoms with Crippen LogP contribution >= 0.6 is 11.3 Å². The van der Waals surface area contributed by atoms with Gasteiger partial charge in [0.1, 0.15) is 5.01 Å². The molecule has 0 radical (unpaired) electrons. The van der Waals surface area contributed by atoms with Crippen molar-refractivity contribution in [3.8, 4) is 10.6 Å². The van der Waals surface area contributed by atoms with Crippen molar-refractivity contribution in [2.75, 3.05) is 6.54 Å². The van der Waals surface area contributed by atoms with Gasteiger partial charge >= 0.3 is 0 Å². The monoisotopic (exact) mass is 415 g/mol. The predicted octanol–water partition coefficient (Wildman–Crippen LogP) is 3.94. The predicted molar refractivity (Wildman–Crippen MR) is 120 cm³/mol. The van der Waals surface area contributed by atoms with Crippen LogP contribution < -0.4 is 10.6 Å². The van der Waals surface area contributed by atoms with Crippen molar-refractivity contribution in [1.82, 2.24) is 15.6 Å². The summed E-state index contributed by atoms with van der Waals surface area (Å²) in [4.78, 5) is 29.0. The molecule has 0 aliphatic rings. The normalized spacial score (nSPS) is 10.7. The second kappa shape index (κ2) is 9.33. The first-order valence-electron chi connectivity index (χ1n) is 9.69. The maximum absolute atomic E-state index is 12.3. The molecule has 2 amide bonds. The number of aromatic nitrogens is 1. The molecule has 5 nitrogen and oxygen atoms in total. The van der Waals surface area contributed by atoms with Crippen LogP contribution in [0.4, 0.5) is 0 Å². The first-order valence-corrected chi connectivity index (χ1v) is 10.6. The van der Waals surface area contributed by atoms with Crippen molar-refractivity contribution in [2.45, 2.75) is 13.0 Å². The highest BCUT2D eigenvalue weighted by molar-refractivity contribution is 7.13. The van der Waals surface area contributed by atoms with E-state index in [4.69, 9.17) is 0 Å².